The SMILES string of the molecule is COc1ccc(NC(=O)COc2c(-c3ccc(C)cc3)oc3ccc(Cl)cc3c2=O)cc1. The highest BCUT2D eigenvalue weighted by molar-refractivity contribution is 6.31. The Morgan fingerprint density at radius 1 is 1.03 bits per heavy atom. The summed E-state index contributed by atoms with van der Waals surface area (Å²) in [7, 11) is 1.56. The summed E-state index contributed by atoms with van der Waals surface area (Å²) in [6.07, 6.45) is 0. The number of carbonyl (C=O) groups is 1. The summed E-state index contributed by atoms with van der Waals surface area (Å²) in [4.78, 5) is 25.6. The van der Waals surface area contributed by atoms with Crippen LogP contribution in [0.1, 0.15) is 5.56 Å². The summed E-state index contributed by atoms with van der Waals surface area (Å²) in [6, 6.07) is 19.2. The Balaban J connectivity index is 1.65. The van der Waals surface area contributed by atoms with Gasteiger partial charge in [0.05, 0.1) is 12.5 Å². The summed E-state index contributed by atoms with van der Waals surface area (Å²) in [6.45, 7) is 1.59. The molecule has 0 bridgehead atoms. The van der Waals surface area contributed by atoms with Crippen LogP contribution in [-0.4, -0.2) is 19.6 Å². The third-order valence-corrected chi connectivity index (χ3v) is 5.08. The molecule has 32 heavy (non-hydrogen) atoms. The second kappa shape index (κ2) is 9.16. The van der Waals surface area contributed by atoms with E-state index in [4.69, 9.17) is 25.5 Å². The van der Waals surface area contributed by atoms with Crippen molar-refractivity contribution in [3.63, 3.8) is 0 Å². The quantitative estimate of drug-likeness (QED) is 0.423. The van der Waals surface area contributed by atoms with Gasteiger partial charge in [0.2, 0.25) is 11.2 Å². The van der Waals surface area contributed by atoms with Crippen molar-refractivity contribution in [1.82, 2.24) is 0 Å². The summed E-state index contributed by atoms with van der Waals surface area (Å²) in [5, 5.41) is 3.40. The van der Waals surface area contributed by atoms with Gasteiger partial charge in [-0.05, 0) is 49.4 Å². The highest BCUT2D eigenvalue weighted by atomic mass is 35.5. The van der Waals surface area contributed by atoms with Crippen LogP contribution in [0.3, 0.4) is 0 Å². The molecule has 1 heterocycles. The number of methoxy groups -OCH3 is 1. The number of ether oxygens (including phenoxy) is 2. The van der Waals surface area contributed by atoms with Gasteiger partial charge in [0.1, 0.15) is 11.3 Å². The lowest BCUT2D eigenvalue weighted by molar-refractivity contribution is -0.118. The van der Waals surface area contributed by atoms with Crippen LogP contribution < -0.4 is 20.2 Å². The number of anilines is 1. The monoisotopic (exact) mass is 449 g/mol. The molecule has 4 rings (SSSR count). The van der Waals surface area contributed by atoms with E-state index in [1.165, 1.54) is 6.07 Å². The van der Waals surface area contributed by atoms with E-state index in [0.29, 0.717) is 27.6 Å². The van der Waals surface area contributed by atoms with Gasteiger partial charge in [0, 0.05) is 16.3 Å². The molecule has 0 fully saturated rings. The average molecular weight is 450 g/mol. The number of hydrogen-bond donors (Lipinski definition) is 1. The minimum absolute atomic E-state index is 0.0477. The predicted octanol–water partition coefficient (Wildman–Crippen LogP) is 5.45. The Morgan fingerprint density at radius 3 is 2.44 bits per heavy atom. The van der Waals surface area contributed by atoms with Crippen LogP contribution >= 0.6 is 11.6 Å². The van der Waals surface area contributed by atoms with Crippen molar-refractivity contribution in [2.24, 2.45) is 0 Å². The third-order valence-electron chi connectivity index (χ3n) is 4.85. The van der Waals surface area contributed by atoms with Crippen molar-refractivity contribution < 1.29 is 18.7 Å². The molecule has 0 atom stereocenters. The van der Waals surface area contributed by atoms with Gasteiger partial charge in [-0.3, -0.25) is 9.59 Å². The zero-order valence-corrected chi connectivity index (χ0v) is 18.2. The molecule has 1 aromatic heterocycles. The summed E-state index contributed by atoms with van der Waals surface area (Å²) < 4.78 is 16.8. The Labute approximate surface area is 189 Å². The van der Waals surface area contributed by atoms with Crippen molar-refractivity contribution in [3.8, 4) is 22.8 Å². The lowest BCUT2D eigenvalue weighted by Gasteiger charge is -2.12. The molecule has 0 aliphatic rings. The van der Waals surface area contributed by atoms with E-state index in [0.717, 1.165) is 5.56 Å². The first-order valence-corrected chi connectivity index (χ1v) is 10.2. The van der Waals surface area contributed by atoms with Crippen LogP contribution in [-0.2, 0) is 4.79 Å². The molecule has 0 aliphatic carbocycles. The Morgan fingerprint density at radius 2 is 1.75 bits per heavy atom. The van der Waals surface area contributed by atoms with Crippen LogP contribution in [0, 0.1) is 6.92 Å². The molecule has 4 aromatic rings. The topological polar surface area (TPSA) is 77.8 Å². The third kappa shape index (κ3) is 4.60. The Kier molecular flexibility index (Phi) is 6.14. The normalized spacial score (nSPS) is 10.7. The van der Waals surface area contributed by atoms with E-state index >= 15 is 0 Å². The molecular formula is C25H20ClNO5. The van der Waals surface area contributed by atoms with E-state index in [1.54, 1.807) is 43.5 Å². The van der Waals surface area contributed by atoms with Gasteiger partial charge in [-0.2, -0.15) is 0 Å². The number of fused-ring (bicyclic) bond motifs is 1. The zero-order chi connectivity index (χ0) is 22.7. The number of rotatable bonds is 6. The minimum Gasteiger partial charge on any atom is -0.497 e. The maximum Gasteiger partial charge on any atom is 0.262 e. The van der Waals surface area contributed by atoms with Crippen molar-refractivity contribution in [3.05, 3.63) is 87.5 Å². The second-order valence-corrected chi connectivity index (χ2v) is 7.60. The van der Waals surface area contributed by atoms with Crippen LogP contribution in [0.15, 0.2) is 75.9 Å². The van der Waals surface area contributed by atoms with Crippen molar-refractivity contribution in [2.75, 3.05) is 19.0 Å². The number of aryl methyl sites for hydroxylation is 1. The lowest BCUT2D eigenvalue weighted by atomic mass is 10.1. The molecule has 0 unspecified atom stereocenters. The Bertz CT molecular complexity index is 1330. The fraction of sp³-hybridized carbons (Fsp3) is 0.120. The molecule has 3 aromatic carbocycles. The first-order valence-electron chi connectivity index (χ1n) is 9.84. The van der Waals surface area contributed by atoms with Gasteiger partial charge in [0.25, 0.3) is 5.91 Å². The number of hydrogen-bond acceptors (Lipinski definition) is 5. The van der Waals surface area contributed by atoms with Crippen molar-refractivity contribution in [1.29, 1.82) is 0 Å². The van der Waals surface area contributed by atoms with E-state index in [2.05, 4.69) is 5.32 Å². The van der Waals surface area contributed by atoms with Gasteiger partial charge in [-0.1, -0.05) is 41.4 Å². The van der Waals surface area contributed by atoms with E-state index < -0.39 is 11.3 Å². The highest BCUT2D eigenvalue weighted by Gasteiger charge is 2.19. The number of amides is 1. The smallest absolute Gasteiger partial charge is 0.262 e. The Hall–Kier alpha value is -3.77. The maximum absolute atomic E-state index is 13.2. The number of carbonyl (C=O) groups excluding carboxylic acids is 1. The molecule has 162 valence electrons. The summed E-state index contributed by atoms with van der Waals surface area (Å²) in [5.74, 6) is 0.459. The number of benzene rings is 3. The second-order valence-electron chi connectivity index (χ2n) is 7.16. The van der Waals surface area contributed by atoms with E-state index in [9.17, 15) is 9.59 Å². The van der Waals surface area contributed by atoms with E-state index in [-0.39, 0.29) is 23.5 Å². The largest absolute Gasteiger partial charge is 0.497 e. The van der Waals surface area contributed by atoms with Crippen LogP contribution in [0.4, 0.5) is 5.69 Å². The van der Waals surface area contributed by atoms with Crippen molar-refractivity contribution in [2.45, 2.75) is 6.92 Å². The van der Waals surface area contributed by atoms with Gasteiger partial charge >= 0.3 is 0 Å². The minimum atomic E-state index is -0.421. The molecule has 1 amide bonds. The molecule has 0 radical (unpaired) electrons. The molecule has 1 N–H and O–H groups in total. The standard InChI is InChI=1S/C25H20ClNO5/c1-15-3-5-16(6-4-15)24-25(23(29)20-13-17(26)7-12-21(20)32-24)31-14-22(28)27-18-8-10-19(30-2)11-9-18/h3-13H,14H2,1-2H3,(H,27,28). The fourth-order valence-electron chi connectivity index (χ4n) is 3.19. The van der Waals surface area contributed by atoms with Crippen LogP contribution in [0.2, 0.25) is 5.02 Å². The average Bonchev–Trinajstić information content (AvgIpc) is 2.80. The summed E-state index contributed by atoms with van der Waals surface area (Å²) in [5.41, 5.74) is 2.28. The zero-order valence-electron chi connectivity index (χ0n) is 17.5. The molecule has 7 heteroatoms. The molecular weight excluding hydrogens is 430 g/mol. The first kappa shape index (κ1) is 21.5. The van der Waals surface area contributed by atoms with Crippen LogP contribution in [0.5, 0.6) is 11.5 Å². The molecule has 0 saturated carbocycles. The highest BCUT2D eigenvalue weighted by Crippen LogP contribution is 2.32. The van der Waals surface area contributed by atoms with Crippen molar-refractivity contribution >= 4 is 34.2 Å². The van der Waals surface area contributed by atoms with Gasteiger partial charge in [0.15, 0.2) is 12.4 Å². The van der Waals surface area contributed by atoms with Gasteiger partial charge in [-0.25, -0.2) is 0 Å². The molecule has 0 saturated heterocycles. The van der Waals surface area contributed by atoms with E-state index in [1.807, 2.05) is 31.2 Å². The number of halogens is 1. The van der Waals surface area contributed by atoms with Gasteiger partial charge in [-0.15, -0.1) is 0 Å². The summed E-state index contributed by atoms with van der Waals surface area (Å²) >= 11 is 6.06. The van der Waals surface area contributed by atoms with Gasteiger partial charge < -0.3 is 19.2 Å². The molecule has 6 nitrogen and oxygen atoms in total. The first-order chi connectivity index (χ1) is 15.4. The fourth-order valence-corrected chi connectivity index (χ4v) is 3.36. The molecule has 0 aliphatic heterocycles. The maximum atomic E-state index is 13.2. The van der Waals surface area contributed by atoms with Crippen LogP contribution in [0.25, 0.3) is 22.3 Å². The number of nitrogens with one attached hydrogen (secondary N) is 1. The predicted molar refractivity (Wildman–Crippen MR) is 125 cm³/mol. The molecule has 0 spiro atoms. The lowest BCUT2D eigenvalue weighted by Crippen LogP contribution is -2.22.